The summed E-state index contributed by atoms with van der Waals surface area (Å²) in [6, 6.07) is 12.8. The van der Waals surface area contributed by atoms with Crippen molar-refractivity contribution >= 4 is 23.3 Å². The van der Waals surface area contributed by atoms with Crippen LogP contribution in [-0.4, -0.2) is 61.9 Å². The summed E-state index contributed by atoms with van der Waals surface area (Å²) in [5, 5.41) is 26.2. The van der Waals surface area contributed by atoms with Crippen molar-refractivity contribution in [2.45, 2.75) is 26.1 Å². The number of tetrazole rings is 1. The molecule has 0 saturated heterocycles. The molecular weight excluding hydrogens is 565 g/mol. The molecule has 2 aromatic carbocycles. The van der Waals surface area contributed by atoms with Crippen LogP contribution in [0.15, 0.2) is 42.5 Å². The van der Waals surface area contributed by atoms with E-state index in [0.29, 0.717) is 21.5 Å². The molecule has 0 aliphatic heterocycles. The summed E-state index contributed by atoms with van der Waals surface area (Å²) in [7, 11) is 1.48. The van der Waals surface area contributed by atoms with Gasteiger partial charge in [-0.05, 0) is 58.8 Å². The maximum absolute atomic E-state index is 13.8. The highest BCUT2D eigenvalue weighted by atomic mass is 35.5. The fourth-order valence-electron chi connectivity index (χ4n) is 4.11. The second-order valence-corrected chi connectivity index (χ2v) is 9.23. The number of hydrogen-bond donors (Lipinski definition) is 1. The Labute approximate surface area is 236 Å². The molecule has 0 unspecified atom stereocenters. The predicted octanol–water partition coefficient (Wildman–Crippen LogP) is 3.56. The number of amides is 1. The molecule has 2 aromatic heterocycles. The van der Waals surface area contributed by atoms with Crippen LogP contribution < -0.4 is 5.32 Å². The van der Waals surface area contributed by atoms with E-state index in [1.54, 1.807) is 37.3 Å². The van der Waals surface area contributed by atoms with E-state index in [2.05, 4.69) is 25.9 Å². The minimum atomic E-state index is -4.80. The SMILES string of the molecule is COCCNC(=O)c1cc(C#N)cc(C)c1CC(=O)c1cc(Cn2nnnc2C(F)(F)F)nn1-c1ccccc1Cl. The number of alkyl halides is 3. The molecule has 2 heterocycles. The van der Waals surface area contributed by atoms with Crippen molar-refractivity contribution in [2.24, 2.45) is 0 Å². The summed E-state index contributed by atoms with van der Waals surface area (Å²) < 4.78 is 46.7. The summed E-state index contributed by atoms with van der Waals surface area (Å²) in [5.41, 5.74) is 1.65. The van der Waals surface area contributed by atoms with Gasteiger partial charge < -0.3 is 10.1 Å². The lowest BCUT2D eigenvalue weighted by Crippen LogP contribution is -2.28. The van der Waals surface area contributed by atoms with Gasteiger partial charge in [0.1, 0.15) is 5.69 Å². The summed E-state index contributed by atoms with van der Waals surface area (Å²) in [6.07, 6.45) is -5.08. The average molecular weight is 587 g/mol. The highest BCUT2D eigenvalue weighted by Gasteiger charge is 2.38. The Kier molecular flexibility index (Phi) is 8.80. The predicted molar refractivity (Wildman–Crippen MR) is 139 cm³/mol. The first-order valence-corrected chi connectivity index (χ1v) is 12.4. The summed E-state index contributed by atoms with van der Waals surface area (Å²) >= 11 is 6.37. The minimum absolute atomic E-state index is 0.00392. The van der Waals surface area contributed by atoms with Crippen LogP contribution >= 0.6 is 11.6 Å². The number of carbonyl (C=O) groups is 2. The second kappa shape index (κ2) is 12.3. The number of aromatic nitrogens is 6. The van der Waals surface area contributed by atoms with E-state index in [4.69, 9.17) is 16.3 Å². The Morgan fingerprint density at radius 1 is 1.20 bits per heavy atom. The van der Waals surface area contributed by atoms with Crippen molar-refractivity contribution in [1.29, 1.82) is 5.26 Å². The van der Waals surface area contributed by atoms with Gasteiger partial charge in [0, 0.05) is 25.6 Å². The van der Waals surface area contributed by atoms with E-state index in [1.165, 1.54) is 23.9 Å². The summed E-state index contributed by atoms with van der Waals surface area (Å²) in [4.78, 5) is 26.7. The number of aryl methyl sites for hydroxylation is 1. The molecule has 11 nitrogen and oxygen atoms in total. The van der Waals surface area contributed by atoms with Crippen LogP contribution in [0.1, 0.15) is 49.1 Å². The van der Waals surface area contributed by atoms with Crippen LogP contribution in [0.2, 0.25) is 5.02 Å². The number of nitrogens with zero attached hydrogens (tertiary/aromatic N) is 7. The van der Waals surface area contributed by atoms with Gasteiger partial charge in [-0.1, -0.05) is 23.7 Å². The van der Waals surface area contributed by atoms with E-state index in [-0.39, 0.29) is 47.1 Å². The minimum Gasteiger partial charge on any atom is -0.383 e. The largest absolute Gasteiger partial charge is 0.453 e. The lowest BCUT2D eigenvalue weighted by atomic mass is 9.93. The van der Waals surface area contributed by atoms with Gasteiger partial charge in [0.2, 0.25) is 0 Å². The zero-order valence-electron chi connectivity index (χ0n) is 21.7. The van der Waals surface area contributed by atoms with E-state index in [1.807, 2.05) is 6.07 Å². The first-order chi connectivity index (χ1) is 19.5. The summed E-state index contributed by atoms with van der Waals surface area (Å²) in [6.45, 7) is 1.65. The topological polar surface area (TPSA) is 141 Å². The van der Waals surface area contributed by atoms with E-state index < -0.39 is 30.2 Å². The normalized spacial score (nSPS) is 11.3. The van der Waals surface area contributed by atoms with Crippen LogP contribution in [0.3, 0.4) is 0 Å². The van der Waals surface area contributed by atoms with Gasteiger partial charge in [0.05, 0.1) is 41.2 Å². The molecule has 15 heteroatoms. The zero-order chi connectivity index (χ0) is 29.7. The third-order valence-corrected chi connectivity index (χ3v) is 6.32. The molecule has 0 saturated carbocycles. The van der Waals surface area contributed by atoms with Gasteiger partial charge in [-0.3, -0.25) is 9.59 Å². The van der Waals surface area contributed by atoms with Crippen molar-refractivity contribution in [2.75, 3.05) is 20.3 Å². The number of ether oxygens (including phenoxy) is 1. The van der Waals surface area contributed by atoms with Gasteiger partial charge >= 0.3 is 6.18 Å². The highest BCUT2D eigenvalue weighted by molar-refractivity contribution is 6.32. The molecule has 0 fully saturated rings. The number of hydrogen-bond acceptors (Lipinski definition) is 8. The number of ketones is 1. The van der Waals surface area contributed by atoms with Gasteiger partial charge in [0.25, 0.3) is 11.7 Å². The van der Waals surface area contributed by atoms with Crippen molar-refractivity contribution in [3.63, 3.8) is 0 Å². The third-order valence-electron chi connectivity index (χ3n) is 6.00. The molecule has 4 rings (SSSR count). The Bertz CT molecular complexity index is 1640. The smallest absolute Gasteiger partial charge is 0.383 e. The lowest BCUT2D eigenvalue weighted by molar-refractivity contribution is -0.147. The maximum atomic E-state index is 13.8. The molecular formula is C26H22ClF3N8O3. The molecule has 0 aliphatic rings. The van der Waals surface area contributed by atoms with Crippen molar-refractivity contribution in [3.8, 4) is 11.8 Å². The number of benzene rings is 2. The van der Waals surface area contributed by atoms with Gasteiger partial charge in [0.15, 0.2) is 5.78 Å². The number of para-hydroxylation sites is 1. The maximum Gasteiger partial charge on any atom is 0.453 e. The van der Waals surface area contributed by atoms with E-state index in [0.717, 1.165) is 0 Å². The fourth-order valence-corrected chi connectivity index (χ4v) is 4.33. The standard InChI is InChI=1S/C26H22ClF3N8O3/c1-15-9-16(13-31)10-19(24(40)32-7-8-41-2)18(15)12-23(39)22-11-17(14-37-25(26(28,29)30)33-35-36-37)34-38(22)21-6-4-3-5-20(21)27/h3-6,9-11H,7-8,12,14H2,1-2H3,(H,32,40). The molecule has 0 spiro atoms. The molecule has 0 bridgehead atoms. The van der Waals surface area contributed by atoms with Crippen molar-refractivity contribution < 1.29 is 27.5 Å². The number of nitriles is 1. The molecule has 0 aliphatic carbocycles. The summed E-state index contributed by atoms with van der Waals surface area (Å²) in [5.74, 6) is -2.33. The molecule has 1 amide bonds. The van der Waals surface area contributed by atoms with Crippen LogP contribution in [0.5, 0.6) is 0 Å². The molecule has 212 valence electrons. The Hall–Kier alpha value is -4.61. The van der Waals surface area contributed by atoms with Crippen molar-refractivity contribution in [1.82, 2.24) is 35.3 Å². The highest BCUT2D eigenvalue weighted by Crippen LogP contribution is 2.28. The molecule has 0 atom stereocenters. The van der Waals surface area contributed by atoms with Crippen LogP contribution in [-0.2, 0) is 23.9 Å². The Morgan fingerprint density at radius 2 is 1.95 bits per heavy atom. The average Bonchev–Trinajstić information content (AvgIpc) is 3.57. The Balaban J connectivity index is 1.75. The molecule has 4 aromatic rings. The lowest BCUT2D eigenvalue weighted by Gasteiger charge is -2.14. The number of methoxy groups -OCH3 is 1. The zero-order valence-corrected chi connectivity index (χ0v) is 22.5. The number of halogens is 4. The number of Topliss-reactive ketones (excluding diaryl/α,β-unsaturated/α-hetero) is 1. The van der Waals surface area contributed by atoms with Gasteiger partial charge in [-0.2, -0.15) is 23.5 Å². The van der Waals surface area contributed by atoms with E-state index in [9.17, 15) is 28.0 Å². The monoisotopic (exact) mass is 586 g/mol. The molecule has 1 N–H and O–H groups in total. The van der Waals surface area contributed by atoms with Crippen LogP contribution in [0.4, 0.5) is 13.2 Å². The fraction of sp³-hybridized carbons (Fsp3) is 0.269. The van der Waals surface area contributed by atoms with Gasteiger partial charge in [-0.25, -0.2) is 9.36 Å². The Morgan fingerprint density at radius 3 is 2.63 bits per heavy atom. The second-order valence-electron chi connectivity index (χ2n) is 8.82. The van der Waals surface area contributed by atoms with Crippen LogP contribution in [0, 0.1) is 18.3 Å². The number of rotatable bonds is 10. The first-order valence-electron chi connectivity index (χ1n) is 12.0. The van der Waals surface area contributed by atoms with Crippen LogP contribution in [0.25, 0.3) is 5.69 Å². The number of nitrogens with one attached hydrogen (secondary N) is 1. The van der Waals surface area contributed by atoms with Crippen molar-refractivity contribution in [3.05, 3.63) is 87.0 Å². The third kappa shape index (κ3) is 6.59. The number of carbonyl (C=O) groups excluding carboxylic acids is 2. The van der Waals surface area contributed by atoms with E-state index >= 15 is 0 Å². The molecule has 0 radical (unpaired) electrons. The van der Waals surface area contributed by atoms with Gasteiger partial charge in [-0.15, -0.1) is 5.10 Å². The quantitative estimate of drug-likeness (QED) is 0.220. The first kappa shape index (κ1) is 29.4. The molecule has 41 heavy (non-hydrogen) atoms.